The van der Waals surface area contributed by atoms with Crippen LogP contribution >= 0.6 is 15.9 Å². The van der Waals surface area contributed by atoms with E-state index in [4.69, 9.17) is 0 Å². The highest BCUT2D eigenvalue weighted by atomic mass is 79.9. The quantitative estimate of drug-likeness (QED) is 0.585. The second kappa shape index (κ2) is 3.56. The topological polar surface area (TPSA) is 12.0 Å². The van der Waals surface area contributed by atoms with Gasteiger partial charge in [0.2, 0.25) is 0 Å². The van der Waals surface area contributed by atoms with E-state index in [9.17, 15) is 4.39 Å². The molecule has 0 fully saturated rings. The number of halogens is 2. The molecule has 0 aromatic heterocycles. The highest BCUT2D eigenvalue weighted by Gasteiger charge is 1.92. The van der Waals surface area contributed by atoms with Gasteiger partial charge in [-0.3, -0.25) is 0 Å². The molecule has 1 nitrogen and oxygen atoms in total. The van der Waals surface area contributed by atoms with Crippen LogP contribution in [0.3, 0.4) is 0 Å². The van der Waals surface area contributed by atoms with E-state index < -0.39 is 5.08 Å². The van der Waals surface area contributed by atoms with Crippen LogP contribution in [0.25, 0.3) is 0 Å². The van der Waals surface area contributed by atoms with Crippen molar-refractivity contribution in [3.05, 3.63) is 0 Å². The van der Waals surface area contributed by atoms with Crippen LogP contribution in [0.2, 0.25) is 0 Å². The van der Waals surface area contributed by atoms with Crippen LogP contribution in [0, 0.1) is 0 Å². The summed E-state index contributed by atoms with van der Waals surface area (Å²) >= 11 is 2.71. The van der Waals surface area contributed by atoms with Gasteiger partial charge in [0.05, 0.1) is 0 Å². The van der Waals surface area contributed by atoms with Gasteiger partial charge in [0.15, 0.2) is 5.08 Å². The van der Waals surface area contributed by atoms with Crippen molar-refractivity contribution < 1.29 is 4.39 Å². The van der Waals surface area contributed by atoms with E-state index in [0.29, 0.717) is 6.54 Å². The Kier molecular flexibility index (Phi) is 3.78. The molecule has 0 saturated heterocycles. The summed E-state index contributed by atoms with van der Waals surface area (Å²) < 4.78 is 11.6. The van der Waals surface area contributed by atoms with E-state index in [1.165, 1.54) is 0 Å². The van der Waals surface area contributed by atoms with Gasteiger partial charge in [-0.2, -0.15) is 0 Å². The van der Waals surface area contributed by atoms with E-state index in [0.717, 1.165) is 0 Å². The molecule has 0 saturated carbocycles. The fourth-order valence-electron chi connectivity index (χ4n) is 0.154. The largest absolute Gasteiger partial charge is 0.316 e. The summed E-state index contributed by atoms with van der Waals surface area (Å²) in [6.07, 6.45) is 0. The standard InChI is InChI=1S/C3H7BrFN/c1-6-2-3(4)5/h3,6H,2H2,1H3. The molecule has 0 amide bonds. The number of nitrogens with one attached hydrogen (secondary N) is 1. The lowest BCUT2D eigenvalue weighted by Gasteiger charge is -1.92. The van der Waals surface area contributed by atoms with Gasteiger partial charge in [0.1, 0.15) is 0 Å². The molecule has 0 aliphatic rings. The first-order valence-corrected chi connectivity index (χ1v) is 2.61. The fraction of sp³-hybridized carbons (Fsp3) is 1.00. The second-order valence-electron chi connectivity index (χ2n) is 0.949. The molecule has 0 spiro atoms. The first-order valence-electron chi connectivity index (χ1n) is 1.70. The predicted molar refractivity (Wildman–Crippen MR) is 27.7 cm³/mol. The van der Waals surface area contributed by atoms with Gasteiger partial charge in [-0.15, -0.1) is 0 Å². The van der Waals surface area contributed by atoms with Crippen LogP contribution < -0.4 is 5.32 Å². The zero-order valence-electron chi connectivity index (χ0n) is 3.54. The normalized spacial score (nSPS) is 14.5. The Hall–Kier alpha value is 0.370. The zero-order chi connectivity index (χ0) is 4.99. The molecule has 1 N–H and O–H groups in total. The summed E-state index contributed by atoms with van der Waals surface area (Å²) in [6, 6.07) is 0. The van der Waals surface area contributed by atoms with E-state index in [1.807, 2.05) is 0 Å². The molecule has 1 atom stereocenters. The zero-order valence-corrected chi connectivity index (χ0v) is 5.13. The molecule has 1 unspecified atom stereocenters. The van der Waals surface area contributed by atoms with Crippen LogP contribution in [0.4, 0.5) is 4.39 Å². The predicted octanol–water partition coefficient (Wildman–Crippen LogP) is 0.896. The Morgan fingerprint density at radius 1 is 2.00 bits per heavy atom. The van der Waals surface area contributed by atoms with Gasteiger partial charge < -0.3 is 5.32 Å². The second-order valence-corrected chi connectivity index (χ2v) is 1.94. The van der Waals surface area contributed by atoms with Crippen LogP contribution in [-0.4, -0.2) is 18.7 Å². The monoisotopic (exact) mass is 155 g/mol. The maximum atomic E-state index is 11.6. The first-order chi connectivity index (χ1) is 2.77. The molecule has 0 heterocycles. The van der Waals surface area contributed by atoms with Crippen molar-refractivity contribution in [3.63, 3.8) is 0 Å². The molecule has 0 bridgehead atoms. The minimum absolute atomic E-state index is 0.375. The van der Waals surface area contributed by atoms with Crippen LogP contribution in [0.1, 0.15) is 0 Å². The summed E-state index contributed by atoms with van der Waals surface area (Å²) in [4.78, 5) is 0. The third kappa shape index (κ3) is 4.37. The van der Waals surface area contributed by atoms with Gasteiger partial charge in [-0.05, 0) is 7.05 Å². The minimum atomic E-state index is -0.900. The van der Waals surface area contributed by atoms with Crippen molar-refractivity contribution >= 4 is 15.9 Å². The lowest BCUT2D eigenvalue weighted by Crippen LogP contribution is -2.13. The van der Waals surface area contributed by atoms with Crippen molar-refractivity contribution in [2.24, 2.45) is 0 Å². The molecular formula is C3H7BrFN. The van der Waals surface area contributed by atoms with Crippen molar-refractivity contribution in [2.45, 2.75) is 5.08 Å². The summed E-state index contributed by atoms with van der Waals surface area (Å²) in [7, 11) is 1.70. The molecule has 0 rings (SSSR count). The highest BCUT2D eigenvalue weighted by molar-refractivity contribution is 9.09. The Morgan fingerprint density at radius 3 is 2.50 bits per heavy atom. The van der Waals surface area contributed by atoms with Crippen molar-refractivity contribution in [1.29, 1.82) is 0 Å². The highest BCUT2D eigenvalue weighted by Crippen LogP contribution is 1.95. The van der Waals surface area contributed by atoms with E-state index in [2.05, 4.69) is 21.2 Å². The Balaban J connectivity index is 2.63. The minimum Gasteiger partial charge on any atom is -0.316 e. The SMILES string of the molecule is CNCC(F)Br. The average Bonchev–Trinajstić information content (AvgIpc) is 1.35. The molecule has 6 heavy (non-hydrogen) atoms. The Bertz CT molecular complexity index is 32.0. The van der Waals surface area contributed by atoms with Gasteiger partial charge in [0.25, 0.3) is 0 Å². The molecule has 0 aromatic carbocycles. The fourth-order valence-corrected chi connectivity index (χ4v) is 0.478. The number of hydrogen-bond acceptors (Lipinski definition) is 1. The maximum Gasteiger partial charge on any atom is 0.167 e. The number of hydrogen-bond donors (Lipinski definition) is 1. The summed E-state index contributed by atoms with van der Waals surface area (Å²) in [6.45, 7) is 0.375. The van der Waals surface area contributed by atoms with E-state index >= 15 is 0 Å². The third-order valence-corrected chi connectivity index (χ3v) is 0.682. The third-order valence-electron chi connectivity index (χ3n) is 0.358. The molecule has 3 heteroatoms. The molecule has 0 aromatic rings. The molecule has 0 aliphatic carbocycles. The Labute approximate surface area is 45.1 Å². The lowest BCUT2D eigenvalue weighted by molar-refractivity contribution is 0.448. The summed E-state index contributed by atoms with van der Waals surface area (Å²) in [5, 5.41) is 1.74. The van der Waals surface area contributed by atoms with Crippen molar-refractivity contribution in [1.82, 2.24) is 5.32 Å². The molecular weight excluding hydrogens is 149 g/mol. The lowest BCUT2D eigenvalue weighted by atomic mass is 10.7. The maximum absolute atomic E-state index is 11.6. The van der Waals surface area contributed by atoms with E-state index in [1.54, 1.807) is 7.05 Å². The first kappa shape index (κ1) is 6.37. The van der Waals surface area contributed by atoms with Crippen LogP contribution in [0.15, 0.2) is 0 Å². The number of rotatable bonds is 2. The Morgan fingerprint density at radius 2 is 2.50 bits per heavy atom. The van der Waals surface area contributed by atoms with Crippen molar-refractivity contribution in [2.75, 3.05) is 13.6 Å². The van der Waals surface area contributed by atoms with Crippen LogP contribution in [0.5, 0.6) is 0 Å². The van der Waals surface area contributed by atoms with Crippen molar-refractivity contribution in [3.8, 4) is 0 Å². The number of alkyl halides is 2. The van der Waals surface area contributed by atoms with Crippen LogP contribution in [-0.2, 0) is 0 Å². The molecule has 38 valence electrons. The summed E-state index contributed by atoms with van der Waals surface area (Å²) in [5.74, 6) is 0. The van der Waals surface area contributed by atoms with Gasteiger partial charge in [-0.25, -0.2) is 4.39 Å². The van der Waals surface area contributed by atoms with Gasteiger partial charge >= 0.3 is 0 Å². The smallest absolute Gasteiger partial charge is 0.167 e. The molecule has 0 aliphatic heterocycles. The van der Waals surface area contributed by atoms with Gasteiger partial charge in [0, 0.05) is 6.54 Å². The molecule has 0 radical (unpaired) electrons. The average molecular weight is 156 g/mol. The van der Waals surface area contributed by atoms with E-state index in [-0.39, 0.29) is 0 Å². The van der Waals surface area contributed by atoms with Gasteiger partial charge in [-0.1, -0.05) is 15.9 Å². The summed E-state index contributed by atoms with van der Waals surface area (Å²) in [5.41, 5.74) is 0.